The Kier molecular flexibility index (Phi) is 4.71. The number of hydrogen-bond donors (Lipinski definition) is 0. The first-order valence-electron chi connectivity index (χ1n) is 9.60. The summed E-state index contributed by atoms with van der Waals surface area (Å²) in [7, 11) is 0. The molecule has 136 valence electrons. The van der Waals surface area contributed by atoms with Crippen molar-refractivity contribution in [3.8, 4) is 11.5 Å². The monoisotopic (exact) mass is 349 g/mol. The van der Waals surface area contributed by atoms with Crippen molar-refractivity contribution < 1.29 is 9.57 Å². The van der Waals surface area contributed by atoms with Gasteiger partial charge in [0.2, 0.25) is 0 Å². The summed E-state index contributed by atoms with van der Waals surface area (Å²) in [6, 6.07) is 18.3. The highest BCUT2D eigenvalue weighted by atomic mass is 16.6. The highest BCUT2D eigenvalue weighted by molar-refractivity contribution is 5.66. The second-order valence-electron chi connectivity index (χ2n) is 8.21. The van der Waals surface area contributed by atoms with Crippen molar-refractivity contribution in [1.82, 2.24) is 0 Å². The second-order valence-corrected chi connectivity index (χ2v) is 8.21. The van der Waals surface area contributed by atoms with Gasteiger partial charge in [-0.3, -0.25) is 0 Å². The molecule has 0 saturated heterocycles. The highest BCUT2D eigenvalue weighted by Gasteiger charge is 2.56. The molecule has 26 heavy (non-hydrogen) atoms. The van der Waals surface area contributed by atoms with E-state index in [0.717, 1.165) is 30.4 Å². The van der Waals surface area contributed by atoms with Crippen LogP contribution >= 0.6 is 0 Å². The molecule has 0 aromatic heterocycles. The molecule has 3 heteroatoms. The molecule has 2 aliphatic rings. The van der Waals surface area contributed by atoms with Crippen molar-refractivity contribution in [2.45, 2.75) is 33.1 Å². The summed E-state index contributed by atoms with van der Waals surface area (Å²) in [5.41, 5.74) is 1.59. The molecular weight excluding hydrogens is 322 g/mol. The lowest BCUT2D eigenvalue weighted by Crippen LogP contribution is -1.95. The van der Waals surface area contributed by atoms with Gasteiger partial charge in [0.05, 0.1) is 0 Å². The van der Waals surface area contributed by atoms with E-state index in [9.17, 15) is 0 Å². The molecule has 0 amide bonds. The largest absolute Gasteiger partial charge is 0.457 e. The van der Waals surface area contributed by atoms with Crippen LogP contribution in [0.25, 0.3) is 0 Å². The lowest BCUT2D eigenvalue weighted by atomic mass is 10.0. The van der Waals surface area contributed by atoms with Gasteiger partial charge >= 0.3 is 0 Å². The Morgan fingerprint density at radius 1 is 1.04 bits per heavy atom. The molecule has 2 aromatic rings. The molecule has 0 spiro atoms. The molecule has 0 bridgehead atoms. The van der Waals surface area contributed by atoms with Crippen molar-refractivity contribution in [2.24, 2.45) is 28.3 Å². The summed E-state index contributed by atoms with van der Waals surface area (Å²) >= 11 is 0. The van der Waals surface area contributed by atoms with E-state index in [4.69, 9.17) is 9.57 Å². The molecule has 0 unspecified atom stereocenters. The van der Waals surface area contributed by atoms with E-state index < -0.39 is 0 Å². The minimum absolute atomic E-state index is 0.280. The molecule has 2 fully saturated rings. The lowest BCUT2D eigenvalue weighted by molar-refractivity contribution is 0.134. The number of rotatable bonds is 8. The predicted octanol–water partition coefficient (Wildman–Crippen LogP) is 5.71. The van der Waals surface area contributed by atoms with Gasteiger partial charge in [0.15, 0.2) is 0 Å². The van der Waals surface area contributed by atoms with Gasteiger partial charge in [0.25, 0.3) is 0 Å². The average molecular weight is 349 g/mol. The lowest BCUT2D eigenvalue weighted by Gasteiger charge is -2.08. The normalized spacial score (nSPS) is 23.8. The fourth-order valence-corrected chi connectivity index (χ4v) is 3.63. The summed E-state index contributed by atoms with van der Waals surface area (Å²) < 4.78 is 5.96. The zero-order valence-corrected chi connectivity index (χ0v) is 15.6. The van der Waals surface area contributed by atoms with Crippen LogP contribution in [-0.4, -0.2) is 12.8 Å². The van der Waals surface area contributed by atoms with E-state index in [0.29, 0.717) is 11.8 Å². The number of ether oxygens (including phenoxy) is 1. The quantitative estimate of drug-likeness (QED) is 0.452. The Labute approximate surface area is 156 Å². The van der Waals surface area contributed by atoms with Crippen molar-refractivity contribution in [2.75, 3.05) is 6.61 Å². The molecule has 2 atom stereocenters. The summed E-state index contributed by atoms with van der Waals surface area (Å²) in [5, 5.41) is 4.22. The maximum absolute atomic E-state index is 5.96. The van der Waals surface area contributed by atoms with Gasteiger partial charge < -0.3 is 9.57 Å². The number of oxime groups is 1. The van der Waals surface area contributed by atoms with E-state index in [1.807, 2.05) is 42.6 Å². The number of hydrogen-bond acceptors (Lipinski definition) is 3. The molecule has 0 N–H and O–H groups in total. The molecule has 0 radical (unpaired) electrons. The van der Waals surface area contributed by atoms with Crippen LogP contribution in [0.1, 0.15) is 32.3 Å². The third-order valence-electron chi connectivity index (χ3n) is 5.78. The molecule has 3 nitrogen and oxygen atoms in total. The summed E-state index contributed by atoms with van der Waals surface area (Å²) in [4.78, 5) is 5.44. The van der Waals surface area contributed by atoms with E-state index >= 15 is 0 Å². The van der Waals surface area contributed by atoms with Crippen molar-refractivity contribution >= 4 is 6.21 Å². The first kappa shape index (κ1) is 17.1. The molecule has 2 aliphatic carbocycles. The minimum Gasteiger partial charge on any atom is -0.457 e. The van der Waals surface area contributed by atoms with Crippen molar-refractivity contribution in [3.63, 3.8) is 0 Å². The minimum atomic E-state index is 0.280. The van der Waals surface area contributed by atoms with E-state index in [2.05, 4.69) is 37.2 Å². The maximum atomic E-state index is 5.96. The second kappa shape index (κ2) is 7.14. The number of benzene rings is 2. The smallest absolute Gasteiger partial charge is 0.127 e. The Bertz CT molecular complexity index is 765. The molecular formula is C23H27NO2. The zero-order valence-electron chi connectivity index (χ0n) is 15.6. The van der Waals surface area contributed by atoms with Crippen LogP contribution in [0.2, 0.25) is 0 Å². The number of para-hydroxylation sites is 1. The van der Waals surface area contributed by atoms with Crippen LogP contribution in [0.15, 0.2) is 59.8 Å². The predicted molar refractivity (Wildman–Crippen MR) is 105 cm³/mol. The maximum Gasteiger partial charge on any atom is 0.127 e. The number of nitrogens with zero attached hydrogens (tertiary/aromatic N) is 1. The third-order valence-corrected chi connectivity index (χ3v) is 5.78. The van der Waals surface area contributed by atoms with Gasteiger partial charge in [-0.25, -0.2) is 0 Å². The SMILES string of the molecule is CC1(C)[C@H](Cc2cccc(Oc3ccccc3)c2)[C@@H]1C=NOCC1CC1. The van der Waals surface area contributed by atoms with Crippen LogP contribution in [0, 0.1) is 23.2 Å². The molecule has 0 heterocycles. The standard InChI is InChI=1S/C23H27NO2/c1-23(2)21(22(23)15-24-25-16-17-11-12-17)14-18-7-6-10-20(13-18)26-19-8-4-3-5-9-19/h3-10,13,15,17,21-22H,11-12,14,16H2,1-2H3/t21-,22+/m1/s1. The van der Waals surface area contributed by atoms with Gasteiger partial charge in [-0.2, -0.15) is 0 Å². The first-order chi connectivity index (χ1) is 12.6. The van der Waals surface area contributed by atoms with Gasteiger partial charge in [-0.15, -0.1) is 0 Å². The molecule has 4 rings (SSSR count). The van der Waals surface area contributed by atoms with E-state index in [-0.39, 0.29) is 5.41 Å². The summed E-state index contributed by atoms with van der Waals surface area (Å²) in [6.45, 7) is 5.42. The van der Waals surface area contributed by atoms with Gasteiger partial charge in [0.1, 0.15) is 18.1 Å². The molecule has 0 aliphatic heterocycles. The fourth-order valence-electron chi connectivity index (χ4n) is 3.63. The average Bonchev–Trinajstić information content (AvgIpc) is 3.53. The van der Waals surface area contributed by atoms with Gasteiger partial charge in [0, 0.05) is 12.1 Å². The third kappa shape index (κ3) is 4.09. The summed E-state index contributed by atoms with van der Waals surface area (Å²) in [5.74, 6) is 3.60. The zero-order chi connectivity index (χ0) is 18.0. The Balaban J connectivity index is 1.35. The Morgan fingerprint density at radius 3 is 2.58 bits per heavy atom. The molecule has 2 saturated carbocycles. The van der Waals surface area contributed by atoms with Crippen molar-refractivity contribution in [3.05, 3.63) is 60.2 Å². The summed E-state index contributed by atoms with van der Waals surface area (Å²) in [6.07, 6.45) is 5.67. The molecule has 2 aromatic carbocycles. The van der Waals surface area contributed by atoms with E-state index in [1.165, 1.54) is 18.4 Å². The van der Waals surface area contributed by atoms with Crippen LogP contribution in [0.5, 0.6) is 11.5 Å². The van der Waals surface area contributed by atoms with Gasteiger partial charge in [-0.05, 0) is 66.3 Å². The van der Waals surface area contributed by atoms with Crippen molar-refractivity contribution in [1.29, 1.82) is 0 Å². The van der Waals surface area contributed by atoms with Crippen LogP contribution in [0.4, 0.5) is 0 Å². The fraction of sp³-hybridized carbons (Fsp3) is 0.435. The first-order valence-corrected chi connectivity index (χ1v) is 9.60. The topological polar surface area (TPSA) is 30.8 Å². The Hall–Kier alpha value is -2.29. The van der Waals surface area contributed by atoms with Crippen LogP contribution < -0.4 is 4.74 Å². The van der Waals surface area contributed by atoms with E-state index in [1.54, 1.807) is 0 Å². The highest BCUT2D eigenvalue weighted by Crippen LogP contribution is 2.58. The van der Waals surface area contributed by atoms with Crippen LogP contribution in [0.3, 0.4) is 0 Å². The Morgan fingerprint density at radius 2 is 1.81 bits per heavy atom. The van der Waals surface area contributed by atoms with Crippen LogP contribution in [-0.2, 0) is 11.3 Å². The van der Waals surface area contributed by atoms with Gasteiger partial charge in [-0.1, -0.05) is 49.3 Å².